The van der Waals surface area contributed by atoms with Gasteiger partial charge in [0.25, 0.3) is 0 Å². The molecule has 1 aliphatic rings. The number of rotatable bonds is 4. The van der Waals surface area contributed by atoms with E-state index in [1.807, 2.05) is 26.8 Å². The fourth-order valence-electron chi connectivity index (χ4n) is 2.46. The van der Waals surface area contributed by atoms with Gasteiger partial charge in [-0.3, -0.25) is 4.79 Å². The van der Waals surface area contributed by atoms with E-state index >= 15 is 0 Å². The summed E-state index contributed by atoms with van der Waals surface area (Å²) in [5.41, 5.74) is 1.76. The van der Waals surface area contributed by atoms with Gasteiger partial charge in [-0.1, -0.05) is 5.57 Å². The van der Waals surface area contributed by atoms with E-state index in [9.17, 15) is 4.79 Å². The number of hydrogen-bond acceptors (Lipinski definition) is 3. The van der Waals surface area contributed by atoms with Gasteiger partial charge >= 0.3 is 0 Å². The van der Waals surface area contributed by atoms with Crippen LogP contribution in [0.25, 0.3) is 0 Å². The van der Waals surface area contributed by atoms with Crippen LogP contribution >= 0.6 is 0 Å². The predicted octanol–water partition coefficient (Wildman–Crippen LogP) is 3.82. The fraction of sp³-hybridized carbons (Fsp3) is 0.533. The number of furan rings is 1. The summed E-state index contributed by atoms with van der Waals surface area (Å²) in [5.74, 6) is 0.144. The van der Waals surface area contributed by atoms with Gasteiger partial charge in [0.05, 0.1) is 24.2 Å². The Hall–Kier alpha value is -1.35. The number of carbonyl (C=O) groups excluding carboxylic acids is 1. The largest absolute Gasteiger partial charge is 0.472 e. The highest BCUT2D eigenvalue weighted by atomic mass is 16.5. The lowest BCUT2D eigenvalue weighted by molar-refractivity contribution is -0.121. The first-order chi connectivity index (χ1) is 8.48. The van der Waals surface area contributed by atoms with Gasteiger partial charge in [-0.25, -0.2) is 0 Å². The standard InChI is InChI=1S/C15H20O3/c1-11(2)8-13(16)9-15(3)6-4-14(18-15)12-5-7-17-10-12/h5,7-8,10,14H,4,6,9H2,1-3H3/t14-,15+/m0/s1. The zero-order valence-electron chi connectivity index (χ0n) is 11.2. The number of hydrogen-bond donors (Lipinski definition) is 0. The smallest absolute Gasteiger partial charge is 0.158 e. The molecule has 1 aliphatic heterocycles. The summed E-state index contributed by atoms with van der Waals surface area (Å²) in [6.07, 6.45) is 7.43. The minimum atomic E-state index is -0.342. The van der Waals surface area contributed by atoms with Gasteiger partial charge in [0.1, 0.15) is 0 Å². The first-order valence-electron chi connectivity index (χ1n) is 6.36. The van der Waals surface area contributed by atoms with Crippen LogP contribution in [0.5, 0.6) is 0 Å². The van der Waals surface area contributed by atoms with Crippen molar-refractivity contribution in [2.24, 2.45) is 0 Å². The Labute approximate surface area is 108 Å². The van der Waals surface area contributed by atoms with Crippen LogP contribution in [0.15, 0.2) is 34.7 Å². The van der Waals surface area contributed by atoms with Gasteiger partial charge in [-0.15, -0.1) is 0 Å². The number of carbonyl (C=O) groups is 1. The van der Waals surface area contributed by atoms with Crippen LogP contribution in [0.1, 0.15) is 51.7 Å². The summed E-state index contributed by atoms with van der Waals surface area (Å²) in [5, 5.41) is 0. The van der Waals surface area contributed by atoms with Crippen molar-refractivity contribution in [1.29, 1.82) is 0 Å². The molecular formula is C15H20O3. The molecule has 0 amide bonds. The van der Waals surface area contributed by atoms with Gasteiger partial charge in [-0.2, -0.15) is 0 Å². The van der Waals surface area contributed by atoms with Crippen molar-refractivity contribution in [3.63, 3.8) is 0 Å². The molecule has 2 heterocycles. The van der Waals surface area contributed by atoms with Crippen LogP contribution in [0.4, 0.5) is 0 Å². The van der Waals surface area contributed by atoms with Crippen LogP contribution < -0.4 is 0 Å². The van der Waals surface area contributed by atoms with E-state index in [1.54, 1.807) is 18.6 Å². The van der Waals surface area contributed by atoms with Gasteiger partial charge in [0.15, 0.2) is 5.78 Å². The SMILES string of the molecule is CC(C)=CC(=O)C[C@@]1(C)CC[C@@H](c2ccoc2)O1. The van der Waals surface area contributed by atoms with Gasteiger partial charge < -0.3 is 9.15 Å². The predicted molar refractivity (Wildman–Crippen MR) is 69.2 cm³/mol. The topological polar surface area (TPSA) is 39.4 Å². The van der Waals surface area contributed by atoms with Crippen molar-refractivity contribution in [2.45, 2.75) is 51.7 Å². The normalized spacial score (nSPS) is 27.2. The van der Waals surface area contributed by atoms with Gasteiger partial charge in [0.2, 0.25) is 0 Å². The lowest BCUT2D eigenvalue weighted by Crippen LogP contribution is -2.26. The summed E-state index contributed by atoms with van der Waals surface area (Å²) in [7, 11) is 0. The van der Waals surface area contributed by atoms with E-state index in [1.165, 1.54) is 0 Å². The average Bonchev–Trinajstić information content (AvgIpc) is 2.84. The first-order valence-corrected chi connectivity index (χ1v) is 6.36. The Morgan fingerprint density at radius 1 is 1.56 bits per heavy atom. The molecule has 0 N–H and O–H groups in total. The van der Waals surface area contributed by atoms with E-state index in [0.717, 1.165) is 24.0 Å². The van der Waals surface area contributed by atoms with Crippen LogP contribution in [0, 0.1) is 0 Å². The average molecular weight is 248 g/mol. The van der Waals surface area contributed by atoms with E-state index in [2.05, 4.69) is 0 Å². The summed E-state index contributed by atoms with van der Waals surface area (Å²) in [4.78, 5) is 11.8. The van der Waals surface area contributed by atoms with Crippen LogP contribution in [-0.2, 0) is 9.53 Å². The summed E-state index contributed by atoms with van der Waals surface area (Å²) < 4.78 is 11.1. The molecule has 18 heavy (non-hydrogen) atoms. The molecule has 3 nitrogen and oxygen atoms in total. The highest BCUT2D eigenvalue weighted by Crippen LogP contribution is 2.41. The lowest BCUT2D eigenvalue weighted by atomic mass is 9.95. The molecule has 0 unspecified atom stereocenters. The van der Waals surface area contributed by atoms with E-state index in [0.29, 0.717) is 6.42 Å². The number of ketones is 1. The monoisotopic (exact) mass is 248 g/mol. The Balaban J connectivity index is 1.98. The molecule has 0 saturated carbocycles. The van der Waals surface area contributed by atoms with Crippen molar-refractivity contribution in [2.75, 3.05) is 0 Å². The summed E-state index contributed by atoms with van der Waals surface area (Å²) >= 11 is 0. The summed E-state index contributed by atoms with van der Waals surface area (Å²) in [6, 6.07) is 1.92. The zero-order chi connectivity index (χ0) is 13.2. The van der Waals surface area contributed by atoms with Crippen LogP contribution in [0.2, 0.25) is 0 Å². The van der Waals surface area contributed by atoms with E-state index in [-0.39, 0.29) is 17.5 Å². The maximum absolute atomic E-state index is 11.8. The van der Waals surface area contributed by atoms with E-state index < -0.39 is 0 Å². The molecule has 1 saturated heterocycles. The Kier molecular flexibility index (Phi) is 3.71. The molecule has 1 aromatic heterocycles. The van der Waals surface area contributed by atoms with Gasteiger partial charge in [0, 0.05) is 12.0 Å². The zero-order valence-corrected chi connectivity index (χ0v) is 11.2. The highest BCUT2D eigenvalue weighted by Gasteiger charge is 2.38. The molecule has 1 aromatic rings. The fourth-order valence-corrected chi connectivity index (χ4v) is 2.46. The number of ether oxygens (including phenoxy) is 1. The first kappa shape index (κ1) is 13.1. The highest BCUT2D eigenvalue weighted by molar-refractivity contribution is 5.90. The molecular weight excluding hydrogens is 228 g/mol. The molecule has 0 radical (unpaired) electrons. The molecule has 0 aliphatic carbocycles. The maximum Gasteiger partial charge on any atom is 0.158 e. The molecule has 0 bridgehead atoms. The van der Waals surface area contributed by atoms with Crippen LogP contribution in [0.3, 0.4) is 0 Å². The molecule has 98 valence electrons. The summed E-state index contributed by atoms with van der Waals surface area (Å²) in [6.45, 7) is 5.89. The Morgan fingerprint density at radius 3 is 2.94 bits per heavy atom. The Bertz CT molecular complexity index is 440. The Morgan fingerprint density at radius 2 is 2.33 bits per heavy atom. The molecule has 3 heteroatoms. The lowest BCUT2D eigenvalue weighted by Gasteiger charge is -2.23. The minimum Gasteiger partial charge on any atom is -0.472 e. The molecule has 1 fully saturated rings. The van der Waals surface area contributed by atoms with Crippen molar-refractivity contribution in [3.8, 4) is 0 Å². The molecule has 2 atom stereocenters. The second-order valence-corrected chi connectivity index (χ2v) is 5.52. The molecule has 0 spiro atoms. The maximum atomic E-state index is 11.8. The molecule has 0 aromatic carbocycles. The quantitative estimate of drug-likeness (QED) is 0.760. The third-order valence-electron chi connectivity index (χ3n) is 3.27. The molecule has 2 rings (SSSR count). The van der Waals surface area contributed by atoms with Crippen molar-refractivity contribution in [1.82, 2.24) is 0 Å². The van der Waals surface area contributed by atoms with Crippen molar-refractivity contribution in [3.05, 3.63) is 35.8 Å². The third-order valence-corrected chi connectivity index (χ3v) is 3.27. The third kappa shape index (κ3) is 3.10. The van der Waals surface area contributed by atoms with Crippen LogP contribution in [-0.4, -0.2) is 11.4 Å². The van der Waals surface area contributed by atoms with Crippen molar-refractivity contribution < 1.29 is 13.9 Å². The van der Waals surface area contributed by atoms with Crippen molar-refractivity contribution >= 4 is 5.78 Å². The number of allylic oxidation sites excluding steroid dienone is 2. The van der Waals surface area contributed by atoms with Gasteiger partial charge in [-0.05, 0) is 45.8 Å². The second-order valence-electron chi connectivity index (χ2n) is 5.52. The second kappa shape index (κ2) is 5.11. The van der Waals surface area contributed by atoms with E-state index in [4.69, 9.17) is 9.15 Å². The minimum absolute atomic E-state index is 0.0632.